The molecule has 3 atom stereocenters. The SMILES string of the molecule is CCCCCCCCCCCCS(=O)(=O)NC(CCCCCC)C(O)C(OCc1ccccc1)C(=O)[P+](O)(O)O. The second-order valence-corrected chi connectivity index (χ2v) is 14.1. The van der Waals surface area contributed by atoms with Crippen LogP contribution in [-0.2, 0) is 26.2 Å². The number of aliphatic hydroxyl groups is 1. The average molecular weight is 607 g/mol. The maximum atomic E-state index is 12.9. The predicted molar refractivity (Wildman–Crippen MR) is 161 cm³/mol. The van der Waals surface area contributed by atoms with Gasteiger partial charge < -0.3 is 9.84 Å². The van der Waals surface area contributed by atoms with Crippen molar-refractivity contribution < 1.29 is 37.7 Å². The molecule has 0 bridgehead atoms. The van der Waals surface area contributed by atoms with E-state index >= 15 is 0 Å². The van der Waals surface area contributed by atoms with Gasteiger partial charge in [0.25, 0.3) is 0 Å². The molecule has 0 amide bonds. The summed E-state index contributed by atoms with van der Waals surface area (Å²) in [5.74, 6) is -0.109. The molecule has 5 N–H and O–H groups in total. The van der Waals surface area contributed by atoms with Crippen LogP contribution in [0.5, 0.6) is 0 Å². The van der Waals surface area contributed by atoms with E-state index in [1.807, 2.05) is 6.92 Å². The molecule has 0 saturated carbocycles. The molecule has 0 aliphatic rings. The van der Waals surface area contributed by atoms with Crippen LogP contribution in [0.2, 0.25) is 0 Å². The molecule has 11 heteroatoms. The molecule has 0 spiro atoms. The van der Waals surface area contributed by atoms with Crippen molar-refractivity contribution in [1.29, 1.82) is 0 Å². The van der Waals surface area contributed by atoms with Crippen molar-refractivity contribution in [2.45, 2.75) is 135 Å². The molecule has 1 rings (SSSR count). The Morgan fingerprint density at radius 2 is 1.32 bits per heavy atom. The largest absolute Gasteiger partial charge is 0.481 e. The summed E-state index contributed by atoms with van der Waals surface area (Å²) < 4.78 is 34.0. The minimum atomic E-state index is -5.01. The van der Waals surface area contributed by atoms with Crippen LogP contribution < -0.4 is 4.72 Å². The van der Waals surface area contributed by atoms with Gasteiger partial charge in [-0.2, -0.15) is 14.7 Å². The van der Waals surface area contributed by atoms with Crippen molar-refractivity contribution in [3.63, 3.8) is 0 Å². The molecule has 1 aromatic carbocycles. The molecule has 0 saturated heterocycles. The number of carbonyl (C=O) groups excluding carboxylic acids is 1. The Bertz CT molecular complexity index is 895. The Morgan fingerprint density at radius 3 is 1.85 bits per heavy atom. The van der Waals surface area contributed by atoms with Gasteiger partial charge in [0.2, 0.25) is 10.0 Å². The molecule has 3 unspecified atom stereocenters. The first-order valence-corrected chi connectivity index (χ1v) is 18.3. The summed E-state index contributed by atoms with van der Waals surface area (Å²) in [6.45, 7) is 4.09. The second-order valence-electron chi connectivity index (χ2n) is 10.7. The lowest BCUT2D eigenvalue weighted by Crippen LogP contribution is -2.52. The second kappa shape index (κ2) is 20.8. The highest BCUT2D eigenvalue weighted by molar-refractivity contribution is 7.89. The van der Waals surface area contributed by atoms with Crippen LogP contribution in [0.15, 0.2) is 30.3 Å². The lowest BCUT2D eigenvalue weighted by Gasteiger charge is -2.29. The van der Waals surface area contributed by atoms with Gasteiger partial charge in [-0.05, 0) is 18.4 Å². The summed E-state index contributed by atoms with van der Waals surface area (Å²) in [4.78, 5) is 41.7. The lowest BCUT2D eigenvalue weighted by molar-refractivity contribution is -0.135. The average Bonchev–Trinajstić information content (AvgIpc) is 2.91. The van der Waals surface area contributed by atoms with Gasteiger partial charge in [0.05, 0.1) is 18.4 Å². The summed E-state index contributed by atoms with van der Waals surface area (Å²) in [6, 6.07) is 7.66. The zero-order chi connectivity index (χ0) is 29.9. The van der Waals surface area contributed by atoms with E-state index in [0.29, 0.717) is 18.4 Å². The van der Waals surface area contributed by atoms with Crippen molar-refractivity contribution in [3.05, 3.63) is 35.9 Å². The third kappa shape index (κ3) is 16.5. The number of aliphatic hydroxyl groups excluding tert-OH is 1. The summed E-state index contributed by atoms with van der Waals surface area (Å²) in [5.41, 5.74) is -0.797. The van der Waals surface area contributed by atoms with E-state index in [1.54, 1.807) is 30.3 Å². The standard InChI is InChI=1S/C29H53NO8PS/c1-3-5-7-9-10-11-12-13-14-19-23-40(36,37)30-26(22-18-8-6-4-2)27(31)28(29(32)39(33,34)35)38-24-25-20-16-15-17-21-25/h15-17,20-21,26-28,30-31,33-35H,3-14,18-19,22-24H2,1-2H3/q+1. The van der Waals surface area contributed by atoms with Crippen molar-refractivity contribution in [2.75, 3.05) is 5.75 Å². The van der Waals surface area contributed by atoms with Crippen molar-refractivity contribution in [1.82, 2.24) is 4.72 Å². The third-order valence-corrected chi connectivity index (χ3v) is 9.33. The summed E-state index contributed by atoms with van der Waals surface area (Å²) >= 11 is 0. The Labute approximate surface area is 242 Å². The van der Waals surface area contributed by atoms with Crippen molar-refractivity contribution >= 4 is 23.5 Å². The number of hydrogen-bond acceptors (Lipinski definition) is 8. The van der Waals surface area contributed by atoms with Gasteiger partial charge in [-0.25, -0.2) is 17.9 Å². The van der Waals surface area contributed by atoms with Crippen LogP contribution in [0.3, 0.4) is 0 Å². The van der Waals surface area contributed by atoms with E-state index < -0.39 is 41.7 Å². The quantitative estimate of drug-likeness (QED) is 0.0735. The van der Waals surface area contributed by atoms with Crippen LogP contribution in [-0.4, -0.2) is 57.7 Å². The van der Waals surface area contributed by atoms with E-state index in [2.05, 4.69) is 11.6 Å². The number of unbranched alkanes of at least 4 members (excludes halogenated alkanes) is 12. The van der Waals surface area contributed by atoms with Gasteiger partial charge in [0.1, 0.15) is 6.10 Å². The molecule has 9 nitrogen and oxygen atoms in total. The number of carbonyl (C=O) groups is 1. The van der Waals surface area contributed by atoms with Crippen LogP contribution in [0.25, 0.3) is 0 Å². The highest BCUT2D eigenvalue weighted by Gasteiger charge is 2.52. The Hall–Kier alpha value is -0.970. The topological polar surface area (TPSA) is 153 Å². The number of benzene rings is 1. The number of sulfonamides is 1. The lowest BCUT2D eigenvalue weighted by atomic mass is 10.00. The molecule has 0 aliphatic carbocycles. The fourth-order valence-corrected chi connectivity index (χ4v) is 6.61. The monoisotopic (exact) mass is 606 g/mol. The van der Waals surface area contributed by atoms with E-state index in [9.17, 15) is 33.0 Å². The van der Waals surface area contributed by atoms with Gasteiger partial charge in [0.15, 0.2) is 6.10 Å². The minimum absolute atomic E-state index is 0.109. The highest BCUT2D eigenvalue weighted by atomic mass is 32.2. The zero-order valence-electron chi connectivity index (χ0n) is 24.4. The Balaban J connectivity index is 2.81. The van der Waals surface area contributed by atoms with E-state index in [4.69, 9.17) is 4.74 Å². The summed E-state index contributed by atoms with van der Waals surface area (Å²) in [6.07, 6.45) is 10.7. The number of rotatable bonds is 25. The van der Waals surface area contributed by atoms with Crippen LogP contribution in [0.4, 0.5) is 0 Å². The van der Waals surface area contributed by atoms with E-state index in [0.717, 1.165) is 44.9 Å². The van der Waals surface area contributed by atoms with Gasteiger partial charge in [-0.1, -0.05) is 128 Å². The maximum absolute atomic E-state index is 12.9. The van der Waals surface area contributed by atoms with Crippen molar-refractivity contribution in [3.8, 4) is 0 Å². The van der Waals surface area contributed by atoms with Gasteiger partial charge in [-0.15, -0.1) is 0 Å². The first-order chi connectivity index (χ1) is 19.0. The predicted octanol–water partition coefficient (Wildman–Crippen LogP) is 5.38. The van der Waals surface area contributed by atoms with E-state index in [1.165, 1.54) is 32.1 Å². The Morgan fingerprint density at radius 1 is 0.825 bits per heavy atom. The van der Waals surface area contributed by atoms with Crippen molar-refractivity contribution in [2.24, 2.45) is 0 Å². The molecule has 0 radical (unpaired) electrons. The van der Waals surface area contributed by atoms with Gasteiger partial charge in [-0.3, -0.25) is 0 Å². The van der Waals surface area contributed by atoms with Crippen LogP contribution >= 0.6 is 7.94 Å². The molecular formula is C29H53NO8PS+. The fraction of sp³-hybridized carbons (Fsp3) is 0.759. The Kier molecular flexibility index (Phi) is 19.3. The van der Waals surface area contributed by atoms with Crippen LogP contribution in [0.1, 0.15) is 116 Å². The summed E-state index contributed by atoms with van der Waals surface area (Å²) in [5, 5.41) is 11.2. The number of ether oxygens (including phenoxy) is 1. The molecule has 0 aliphatic heterocycles. The third-order valence-electron chi connectivity index (χ3n) is 7.00. The molecule has 40 heavy (non-hydrogen) atoms. The number of hydrogen-bond donors (Lipinski definition) is 5. The van der Waals surface area contributed by atoms with Crippen LogP contribution in [0, 0.1) is 0 Å². The molecule has 0 aromatic heterocycles. The minimum Gasteiger partial charge on any atom is -0.388 e. The molecule has 0 fully saturated rings. The fourth-order valence-electron chi connectivity index (χ4n) is 4.62. The normalized spacial score (nSPS) is 14.7. The molecule has 232 valence electrons. The molecule has 1 aromatic rings. The zero-order valence-corrected chi connectivity index (χ0v) is 26.1. The van der Waals surface area contributed by atoms with Gasteiger partial charge >= 0.3 is 13.5 Å². The van der Waals surface area contributed by atoms with Gasteiger partial charge in [0, 0.05) is 0 Å². The summed E-state index contributed by atoms with van der Waals surface area (Å²) in [7, 11) is -8.80. The smallest absolute Gasteiger partial charge is 0.388 e. The molecule has 0 heterocycles. The highest BCUT2D eigenvalue weighted by Crippen LogP contribution is 2.47. The maximum Gasteiger partial charge on any atom is 0.481 e. The first kappa shape index (κ1) is 37.1. The first-order valence-electron chi connectivity index (χ1n) is 15.0. The molecular weight excluding hydrogens is 553 g/mol. The van der Waals surface area contributed by atoms with E-state index in [-0.39, 0.29) is 18.8 Å². The number of nitrogens with one attached hydrogen (secondary N) is 1.